The summed E-state index contributed by atoms with van der Waals surface area (Å²) in [6, 6.07) is 1.65. The van der Waals surface area contributed by atoms with Gasteiger partial charge in [0.05, 0.1) is 12.6 Å². The second-order valence-corrected chi connectivity index (χ2v) is 8.89. The van der Waals surface area contributed by atoms with Crippen LogP contribution in [0.2, 0.25) is 0 Å². The first-order valence-electron chi connectivity index (χ1n) is 7.83. The fourth-order valence-electron chi connectivity index (χ4n) is 4.99. The Hall–Kier alpha value is -0.440. The number of rotatable bonds is 0. The molecule has 2 heterocycles. The van der Waals surface area contributed by atoms with Crippen molar-refractivity contribution in [3.8, 4) is 0 Å². The molecule has 0 bridgehead atoms. The molecule has 0 N–H and O–H groups in total. The van der Waals surface area contributed by atoms with Crippen molar-refractivity contribution in [2.24, 2.45) is 21.1 Å². The Morgan fingerprint density at radius 1 is 1.11 bits per heavy atom. The van der Waals surface area contributed by atoms with Gasteiger partial charge in [-0.25, -0.2) is 0 Å². The summed E-state index contributed by atoms with van der Waals surface area (Å²) in [5, 5.41) is 9.21. The molecule has 0 aromatic rings. The average molecular weight is 263 g/mol. The predicted molar refractivity (Wildman–Crippen MR) is 78.4 cm³/mol. The molecule has 1 saturated carbocycles. The highest BCUT2D eigenvalue weighted by atomic mass is 15.4. The van der Waals surface area contributed by atoms with Crippen LogP contribution in [0.1, 0.15) is 60.8 Å². The molecule has 1 spiro atoms. The van der Waals surface area contributed by atoms with Crippen molar-refractivity contribution in [2.45, 2.75) is 84.5 Å². The molecular weight excluding hydrogens is 234 g/mol. The average Bonchev–Trinajstić information content (AvgIpc) is 2.81. The quantitative estimate of drug-likeness (QED) is 0.651. The first-order chi connectivity index (χ1) is 8.68. The van der Waals surface area contributed by atoms with Crippen molar-refractivity contribution in [2.75, 3.05) is 6.54 Å². The van der Waals surface area contributed by atoms with E-state index >= 15 is 0 Å². The normalized spacial score (nSPS) is 42.7. The summed E-state index contributed by atoms with van der Waals surface area (Å²) in [5.41, 5.74) is 0.851. The summed E-state index contributed by atoms with van der Waals surface area (Å²) in [6.07, 6.45) is 4.02. The topological polar surface area (TPSA) is 28.0 Å². The standard InChI is InChI=1S/C16H29N3/c1-14(2,3)13-12-16(10-17-18-12)9-7-8-11(16)19(13)15(4,5)6/h11-13H,7-10H2,1-6H3. The summed E-state index contributed by atoms with van der Waals surface area (Å²) in [5.74, 6) is 0. The molecule has 2 fully saturated rings. The van der Waals surface area contributed by atoms with E-state index in [0.29, 0.717) is 23.5 Å². The second kappa shape index (κ2) is 3.81. The second-order valence-electron chi connectivity index (χ2n) is 8.89. The molecule has 3 heteroatoms. The Kier molecular flexibility index (Phi) is 2.71. The third kappa shape index (κ3) is 1.73. The van der Waals surface area contributed by atoms with Gasteiger partial charge < -0.3 is 0 Å². The molecule has 1 aliphatic carbocycles. The highest BCUT2D eigenvalue weighted by Crippen LogP contribution is 2.59. The minimum Gasteiger partial charge on any atom is -0.289 e. The lowest BCUT2D eigenvalue weighted by Crippen LogP contribution is -2.55. The van der Waals surface area contributed by atoms with E-state index in [-0.39, 0.29) is 11.0 Å². The van der Waals surface area contributed by atoms with Crippen molar-refractivity contribution in [3.63, 3.8) is 0 Å². The monoisotopic (exact) mass is 263 g/mol. The molecule has 19 heavy (non-hydrogen) atoms. The number of nitrogens with zero attached hydrogens (tertiary/aromatic N) is 3. The fraction of sp³-hybridized carbons (Fsp3) is 1.00. The van der Waals surface area contributed by atoms with Crippen LogP contribution < -0.4 is 0 Å². The van der Waals surface area contributed by atoms with Crippen molar-refractivity contribution in [1.29, 1.82) is 0 Å². The van der Waals surface area contributed by atoms with E-state index in [9.17, 15) is 0 Å². The summed E-state index contributed by atoms with van der Waals surface area (Å²) in [7, 11) is 0. The zero-order valence-electron chi connectivity index (χ0n) is 13.4. The molecule has 2 aliphatic heterocycles. The van der Waals surface area contributed by atoms with Crippen molar-refractivity contribution >= 4 is 0 Å². The van der Waals surface area contributed by atoms with Gasteiger partial charge in [-0.15, -0.1) is 0 Å². The molecule has 3 nitrogen and oxygen atoms in total. The zero-order valence-corrected chi connectivity index (χ0v) is 13.4. The minimum absolute atomic E-state index is 0.222. The lowest BCUT2D eigenvalue weighted by molar-refractivity contribution is 0.0152. The molecular formula is C16H29N3. The van der Waals surface area contributed by atoms with E-state index in [4.69, 9.17) is 5.11 Å². The largest absolute Gasteiger partial charge is 0.289 e. The third-order valence-corrected chi connectivity index (χ3v) is 5.54. The van der Waals surface area contributed by atoms with Gasteiger partial charge in [0.15, 0.2) is 0 Å². The van der Waals surface area contributed by atoms with Gasteiger partial charge in [-0.1, -0.05) is 27.2 Å². The van der Waals surface area contributed by atoms with E-state index in [1.165, 1.54) is 19.3 Å². The molecule has 3 rings (SSSR count). The highest BCUT2D eigenvalue weighted by Gasteiger charge is 2.66. The lowest BCUT2D eigenvalue weighted by atomic mass is 9.73. The van der Waals surface area contributed by atoms with E-state index in [1.54, 1.807) is 0 Å². The first-order valence-corrected chi connectivity index (χ1v) is 7.83. The molecule has 108 valence electrons. The van der Waals surface area contributed by atoms with Crippen LogP contribution in [-0.2, 0) is 0 Å². The molecule has 0 radical (unpaired) electrons. The summed E-state index contributed by atoms with van der Waals surface area (Å²) in [4.78, 5) is 2.81. The van der Waals surface area contributed by atoms with Crippen LogP contribution in [0.4, 0.5) is 0 Å². The van der Waals surface area contributed by atoms with Crippen LogP contribution in [0.5, 0.6) is 0 Å². The number of hydrogen-bond donors (Lipinski definition) is 0. The van der Waals surface area contributed by atoms with Crippen LogP contribution in [0.25, 0.3) is 0 Å². The maximum absolute atomic E-state index is 4.73. The van der Waals surface area contributed by atoms with Crippen molar-refractivity contribution in [1.82, 2.24) is 4.90 Å². The van der Waals surface area contributed by atoms with E-state index < -0.39 is 0 Å². The maximum atomic E-state index is 4.73. The van der Waals surface area contributed by atoms with Crippen LogP contribution in [-0.4, -0.2) is 35.1 Å². The van der Waals surface area contributed by atoms with Crippen LogP contribution >= 0.6 is 0 Å². The molecule has 0 aromatic carbocycles. The third-order valence-electron chi connectivity index (χ3n) is 5.54. The summed E-state index contributed by atoms with van der Waals surface area (Å²) < 4.78 is 0. The van der Waals surface area contributed by atoms with Gasteiger partial charge in [-0.3, -0.25) is 4.90 Å². The molecule has 3 aliphatic rings. The number of hydrogen-bond acceptors (Lipinski definition) is 3. The molecule has 0 amide bonds. The predicted octanol–water partition coefficient (Wildman–Crippen LogP) is 3.89. The van der Waals surface area contributed by atoms with Gasteiger partial charge >= 0.3 is 0 Å². The summed E-state index contributed by atoms with van der Waals surface area (Å²) in [6.45, 7) is 15.2. The zero-order chi connectivity index (χ0) is 14.1. The van der Waals surface area contributed by atoms with Gasteiger partial charge in [0.1, 0.15) is 0 Å². The highest BCUT2D eigenvalue weighted by molar-refractivity contribution is 5.21. The van der Waals surface area contributed by atoms with Crippen molar-refractivity contribution < 1.29 is 0 Å². The van der Waals surface area contributed by atoms with Gasteiger partial charge in [0, 0.05) is 23.0 Å². The van der Waals surface area contributed by atoms with Crippen LogP contribution in [0.3, 0.4) is 0 Å². The number of likely N-dealkylation sites (tertiary alicyclic amines) is 1. The Morgan fingerprint density at radius 3 is 2.37 bits per heavy atom. The van der Waals surface area contributed by atoms with Gasteiger partial charge in [0.25, 0.3) is 0 Å². The van der Waals surface area contributed by atoms with E-state index in [1.807, 2.05) is 0 Å². The van der Waals surface area contributed by atoms with Crippen LogP contribution in [0, 0.1) is 10.8 Å². The van der Waals surface area contributed by atoms with Crippen LogP contribution in [0.15, 0.2) is 10.2 Å². The SMILES string of the molecule is CC(C)(C)C1C2N=NCC23CCCC3N1C(C)(C)C. The van der Waals surface area contributed by atoms with Gasteiger partial charge in [0.2, 0.25) is 0 Å². The maximum Gasteiger partial charge on any atom is 0.0957 e. The molecule has 1 saturated heterocycles. The Balaban J connectivity index is 2.09. The first kappa shape index (κ1) is 13.5. The fourth-order valence-corrected chi connectivity index (χ4v) is 4.99. The van der Waals surface area contributed by atoms with Gasteiger partial charge in [-0.2, -0.15) is 10.2 Å². The Morgan fingerprint density at radius 2 is 1.79 bits per heavy atom. The molecule has 0 aromatic heterocycles. The minimum atomic E-state index is 0.222. The lowest BCUT2D eigenvalue weighted by Gasteiger charge is -2.46. The number of azo groups is 1. The van der Waals surface area contributed by atoms with Crippen molar-refractivity contribution in [3.05, 3.63) is 0 Å². The van der Waals surface area contributed by atoms with E-state index in [0.717, 1.165) is 6.54 Å². The van der Waals surface area contributed by atoms with E-state index in [2.05, 4.69) is 51.6 Å². The smallest absolute Gasteiger partial charge is 0.0957 e. The summed E-state index contributed by atoms with van der Waals surface area (Å²) >= 11 is 0. The Labute approximate surface area is 117 Å². The molecule has 4 atom stereocenters. The Bertz CT molecular complexity index is 401. The van der Waals surface area contributed by atoms with Gasteiger partial charge in [-0.05, 0) is 39.0 Å². The molecule has 4 unspecified atom stereocenters.